The Morgan fingerprint density at radius 1 is 1.17 bits per heavy atom. The van der Waals surface area contributed by atoms with Crippen molar-refractivity contribution in [2.24, 2.45) is 17.6 Å². The summed E-state index contributed by atoms with van der Waals surface area (Å²) in [5, 5.41) is 0. The van der Waals surface area contributed by atoms with Gasteiger partial charge in [0.15, 0.2) is 0 Å². The van der Waals surface area contributed by atoms with Gasteiger partial charge < -0.3 is 10.5 Å². The molecule has 0 aromatic heterocycles. The van der Waals surface area contributed by atoms with Crippen molar-refractivity contribution in [3.63, 3.8) is 0 Å². The molecule has 1 saturated carbocycles. The maximum absolute atomic E-state index is 5.79. The van der Waals surface area contributed by atoms with Crippen molar-refractivity contribution in [3.8, 4) is 0 Å². The number of nitrogens with two attached hydrogens (primary N) is 1. The molecule has 0 saturated heterocycles. The Kier molecular flexibility index (Phi) is 5.14. The van der Waals surface area contributed by atoms with Gasteiger partial charge in [-0.3, -0.25) is 0 Å². The van der Waals surface area contributed by atoms with Crippen LogP contribution in [0.5, 0.6) is 0 Å². The molecule has 2 N–H and O–H groups in total. The topological polar surface area (TPSA) is 35.2 Å². The first-order chi connectivity index (χ1) is 8.75. The minimum absolute atomic E-state index is 0.463. The second-order valence-corrected chi connectivity index (χ2v) is 5.59. The van der Waals surface area contributed by atoms with E-state index in [2.05, 4.69) is 12.1 Å². The number of rotatable bonds is 5. The van der Waals surface area contributed by atoms with Crippen molar-refractivity contribution in [2.45, 2.75) is 32.3 Å². The average Bonchev–Trinajstić information content (AvgIpc) is 2.40. The Hall–Kier alpha value is -0.930. The number of hydrogen-bond acceptors (Lipinski definition) is 2. The molecule has 0 amide bonds. The van der Waals surface area contributed by atoms with Crippen LogP contribution in [-0.2, 0) is 11.3 Å². The molecule has 1 aliphatic carbocycles. The van der Waals surface area contributed by atoms with Gasteiger partial charge >= 0.3 is 0 Å². The summed E-state index contributed by atoms with van der Waals surface area (Å²) in [4.78, 5) is 0.693. The third kappa shape index (κ3) is 4.07. The lowest BCUT2D eigenvalue weighted by atomic mass is 9.82. The fourth-order valence-electron chi connectivity index (χ4n) is 2.53. The molecule has 3 heteroatoms. The molecule has 0 radical (unpaired) electrons. The molecule has 1 aliphatic rings. The predicted molar refractivity (Wildman–Crippen MR) is 78.3 cm³/mol. The summed E-state index contributed by atoms with van der Waals surface area (Å²) >= 11 is 5.05. The second kappa shape index (κ2) is 6.86. The highest BCUT2D eigenvalue weighted by atomic mass is 32.1. The molecular formula is C15H21NOS. The minimum Gasteiger partial charge on any atom is -0.393 e. The van der Waals surface area contributed by atoms with E-state index in [1.165, 1.54) is 18.4 Å². The average molecular weight is 263 g/mol. The van der Waals surface area contributed by atoms with Crippen molar-refractivity contribution in [2.75, 3.05) is 6.61 Å². The standard InChI is InChI=1S/C15H21NOS/c16-15(18)14-8-6-13(7-9-14)11-17-10-12-4-2-1-3-5-12/h1-5,13-14H,6-11H2,(H2,16,18). The summed E-state index contributed by atoms with van der Waals surface area (Å²) in [6.07, 6.45) is 4.65. The lowest BCUT2D eigenvalue weighted by Crippen LogP contribution is -2.27. The maximum atomic E-state index is 5.79. The highest BCUT2D eigenvalue weighted by Crippen LogP contribution is 2.29. The quantitative estimate of drug-likeness (QED) is 0.828. The van der Waals surface area contributed by atoms with Crippen LogP contribution < -0.4 is 5.73 Å². The lowest BCUT2D eigenvalue weighted by molar-refractivity contribution is 0.0711. The molecule has 2 rings (SSSR count). The van der Waals surface area contributed by atoms with Crippen molar-refractivity contribution < 1.29 is 4.74 Å². The predicted octanol–water partition coefficient (Wildman–Crippen LogP) is 3.30. The van der Waals surface area contributed by atoms with Gasteiger partial charge in [-0.1, -0.05) is 42.5 Å². The van der Waals surface area contributed by atoms with E-state index in [1.807, 2.05) is 18.2 Å². The van der Waals surface area contributed by atoms with E-state index in [4.69, 9.17) is 22.7 Å². The first kappa shape index (κ1) is 13.5. The van der Waals surface area contributed by atoms with Crippen LogP contribution in [0, 0.1) is 11.8 Å². The fraction of sp³-hybridized carbons (Fsp3) is 0.533. The zero-order valence-electron chi connectivity index (χ0n) is 10.7. The summed E-state index contributed by atoms with van der Waals surface area (Å²) in [6, 6.07) is 10.3. The molecule has 0 aliphatic heterocycles. The molecule has 98 valence electrons. The molecule has 0 heterocycles. The number of benzene rings is 1. The summed E-state index contributed by atoms with van der Waals surface area (Å²) in [5.41, 5.74) is 6.93. The molecular weight excluding hydrogens is 242 g/mol. The van der Waals surface area contributed by atoms with Gasteiger partial charge in [-0.2, -0.15) is 0 Å². The molecule has 0 spiro atoms. The van der Waals surface area contributed by atoms with Gasteiger partial charge in [0.2, 0.25) is 0 Å². The molecule has 1 aromatic carbocycles. The van der Waals surface area contributed by atoms with Crippen LogP contribution in [0.15, 0.2) is 30.3 Å². The number of hydrogen-bond donors (Lipinski definition) is 1. The van der Waals surface area contributed by atoms with Gasteiger partial charge in [-0.25, -0.2) is 0 Å². The van der Waals surface area contributed by atoms with Gasteiger partial charge in [0, 0.05) is 12.5 Å². The van der Waals surface area contributed by atoms with Crippen LogP contribution in [0.2, 0.25) is 0 Å². The van der Waals surface area contributed by atoms with E-state index < -0.39 is 0 Å². The molecule has 0 bridgehead atoms. The highest BCUT2D eigenvalue weighted by molar-refractivity contribution is 7.80. The van der Waals surface area contributed by atoms with Crippen molar-refractivity contribution in [1.29, 1.82) is 0 Å². The molecule has 1 fully saturated rings. The monoisotopic (exact) mass is 263 g/mol. The largest absolute Gasteiger partial charge is 0.393 e. The molecule has 1 aromatic rings. The van der Waals surface area contributed by atoms with Crippen LogP contribution in [0.25, 0.3) is 0 Å². The lowest BCUT2D eigenvalue weighted by Gasteiger charge is -2.27. The van der Waals surface area contributed by atoms with Crippen molar-refractivity contribution in [1.82, 2.24) is 0 Å². The van der Waals surface area contributed by atoms with E-state index in [-0.39, 0.29) is 0 Å². The number of thiocarbonyl (C=S) groups is 1. The van der Waals surface area contributed by atoms with Gasteiger partial charge in [-0.15, -0.1) is 0 Å². The van der Waals surface area contributed by atoms with Crippen molar-refractivity contribution >= 4 is 17.2 Å². The van der Waals surface area contributed by atoms with Crippen LogP contribution in [0.3, 0.4) is 0 Å². The van der Waals surface area contributed by atoms with Gasteiger partial charge in [0.25, 0.3) is 0 Å². The van der Waals surface area contributed by atoms with E-state index in [1.54, 1.807) is 0 Å². The molecule has 0 unspecified atom stereocenters. The zero-order chi connectivity index (χ0) is 12.8. The SMILES string of the molecule is NC(=S)C1CCC(COCc2ccccc2)CC1. The van der Waals surface area contributed by atoms with E-state index in [0.717, 1.165) is 26.1 Å². The van der Waals surface area contributed by atoms with Gasteiger partial charge in [-0.05, 0) is 37.2 Å². The second-order valence-electron chi connectivity index (χ2n) is 5.12. The van der Waals surface area contributed by atoms with Gasteiger partial charge in [0.05, 0.1) is 11.6 Å². The summed E-state index contributed by atoms with van der Waals surface area (Å²) in [6.45, 7) is 1.58. The Balaban J connectivity index is 1.65. The number of ether oxygens (including phenoxy) is 1. The molecule has 2 nitrogen and oxygen atoms in total. The first-order valence-corrected chi connectivity index (χ1v) is 7.07. The Morgan fingerprint density at radius 2 is 1.83 bits per heavy atom. The zero-order valence-corrected chi connectivity index (χ0v) is 11.5. The summed E-state index contributed by atoms with van der Waals surface area (Å²) < 4.78 is 5.79. The van der Waals surface area contributed by atoms with Crippen LogP contribution in [-0.4, -0.2) is 11.6 Å². The highest BCUT2D eigenvalue weighted by Gasteiger charge is 2.22. The Bertz CT molecular complexity index is 371. The molecule has 18 heavy (non-hydrogen) atoms. The maximum Gasteiger partial charge on any atom is 0.0758 e. The van der Waals surface area contributed by atoms with E-state index >= 15 is 0 Å². The van der Waals surface area contributed by atoms with E-state index in [9.17, 15) is 0 Å². The third-order valence-corrected chi connectivity index (χ3v) is 4.05. The van der Waals surface area contributed by atoms with Crippen molar-refractivity contribution in [3.05, 3.63) is 35.9 Å². The summed E-state index contributed by atoms with van der Waals surface area (Å²) in [5.74, 6) is 1.14. The normalized spacial score (nSPS) is 23.8. The Morgan fingerprint density at radius 3 is 2.44 bits per heavy atom. The summed E-state index contributed by atoms with van der Waals surface area (Å²) in [7, 11) is 0. The van der Waals surface area contributed by atoms with Crippen LogP contribution >= 0.6 is 12.2 Å². The van der Waals surface area contributed by atoms with E-state index in [0.29, 0.717) is 16.8 Å². The smallest absolute Gasteiger partial charge is 0.0758 e. The fourth-order valence-corrected chi connectivity index (χ4v) is 2.77. The third-order valence-electron chi connectivity index (χ3n) is 3.71. The minimum atomic E-state index is 0.463. The van der Waals surface area contributed by atoms with Gasteiger partial charge in [0.1, 0.15) is 0 Å². The first-order valence-electron chi connectivity index (χ1n) is 6.66. The van der Waals surface area contributed by atoms with Crippen LogP contribution in [0.4, 0.5) is 0 Å². The van der Waals surface area contributed by atoms with Crippen LogP contribution in [0.1, 0.15) is 31.2 Å². The molecule has 0 atom stereocenters. The Labute approximate surface area is 115 Å².